The van der Waals surface area contributed by atoms with E-state index in [2.05, 4.69) is 26.2 Å². The van der Waals surface area contributed by atoms with Crippen molar-refractivity contribution in [2.24, 2.45) is 0 Å². The first kappa shape index (κ1) is 18.4. The van der Waals surface area contributed by atoms with Crippen LogP contribution in [0, 0.1) is 13.8 Å². The van der Waals surface area contributed by atoms with E-state index in [0.29, 0.717) is 12.4 Å². The van der Waals surface area contributed by atoms with Gasteiger partial charge in [0.05, 0.1) is 12.8 Å². The fraction of sp³-hybridized carbons (Fsp3) is 0.190. The maximum Gasteiger partial charge on any atom is 0.182 e. The number of rotatable bonds is 5. The van der Waals surface area contributed by atoms with Gasteiger partial charge >= 0.3 is 0 Å². The third-order valence-electron chi connectivity index (χ3n) is 4.55. The lowest BCUT2D eigenvalue weighted by atomic mass is 10.2. The second-order valence-corrected chi connectivity index (χ2v) is 7.41. The van der Waals surface area contributed by atoms with Crippen LogP contribution in [0.2, 0.25) is 0 Å². The number of hydrogen-bond acceptors (Lipinski definition) is 5. The van der Waals surface area contributed by atoms with E-state index in [1.165, 1.54) is 0 Å². The highest BCUT2D eigenvalue weighted by molar-refractivity contribution is 9.10. The Balaban J connectivity index is 1.73. The highest BCUT2D eigenvalue weighted by atomic mass is 79.9. The first-order valence-electron chi connectivity index (χ1n) is 8.92. The fourth-order valence-corrected chi connectivity index (χ4v) is 3.37. The van der Waals surface area contributed by atoms with Crippen molar-refractivity contribution in [1.29, 1.82) is 0 Å². The van der Waals surface area contributed by atoms with Crippen LogP contribution in [-0.4, -0.2) is 26.7 Å². The summed E-state index contributed by atoms with van der Waals surface area (Å²) in [6.45, 7) is 4.56. The van der Waals surface area contributed by atoms with Crippen LogP contribution >= 0.6 is 15.9 Å². The van der Waals surface area contributed by atoms with Crippen LogP contribution in [0.4, 0.5) is 5.82 Å². The van der Waals surface area contributed by atoms with Crippen LogP contribution in [0.3, 0.4) is 0 Å². The lowest BCUT2D eigenvalue weighted by Crippen LogP contribution is -2.08. The molecule has 0 atom stereocenters. The Kier molecular flexibility index (Phi) is 5.00. The van der Waals surface area contributed by atoms with Gasteiger partial charge in [-0.15, -0.1) is 5.10 Å². The van der Waals surface area contributed by atoms with Crippen LogP contribution in [0.15, 0.2) is 53.0 Å². The van der Waals surface area contributed by atoms with Gasteiger partial charge in [-0.25, -0.2) is 14.5 Å². The number of aromatic nitrogens is 4. The van der Waals surface area contributed by atoms with E-state index >= 15 is 0 Å². The molecule has 28 heavy (non-hydrogen) atoms. The molecule has 0 saturated carbocycles. The zero-order valence-electron chi connectivity index (χ0n) is 15.9. The number of fused-ring (bicyclic) bond motifs is 1. The number of imidazole rings is 1. The van der Waals surface area contributed by atoms with E-state index in [-0.39, 0.29) is 0 Å². The Morgan fingerprint density at radius 2 is 1.71 bits per heavy atom. The van der Waals surface area contributed by atoms with Crippen molar-refractivity contribution in [3.8, 4) is 17.1 Å². The molecule has 0 amide bonds. The highest BCUT2D eigenvalue weighted by Crippen LogP contribution is 2.25. The number of ether oxygens (including phenoxy) is 1. The van der Waals surface area contributed by atoms with Gasteiger partial charge in [0.25, 0.3) is 0 Å². The predicted molar refractivity (Wildman–Crippen MR) is 114 cm³/mol. The molecule has 2 aromatic carbocycles. The molecule has 0 bridgehead atoms. The zero-order valence-corrected chi connectivity index (χ0v) is 17.5. The van der Waals surface area contributed by atoms with Gasteiger partial charge in [-0.3, -0.25) is 0 Å². The molecule has 4 aromatic rings. The third kappa shape index (κ3) is 3.57. The molecule has 0 aliphatic carbocycles. The lowest BCUT2D eigenvalue weighted by molar-refractivity contribution is 0.414. The summed E-state index contributed by atoms with van der Waals surface area (Å²) in [5, 5.41) is 8.16. The number of aryl methyl sites for hydroxylation is 2. The van der Waals surface area contributed by atoms with Crippen molar-refractivity contribution in [3.05, 3.63) is 70.1 Å². The van der Waals surface area contributed by atoms with Gasteiger partial charge in [-0.05, 0) is 43.7 Å². The topological polar surface area (TPSA) is 64.3 Å². The first-order valence-corrected chi connectivity index (χ1v) is 9.71. The molecular formula is C21H20BrN5O. The molecule has 6 nitrogen and oxygen atoms in total. The Hall–Kier alpha value is -2.93. The van der Waals surface area contributed by atoms with E-state index in [1.54, 1.807) is 7.11 Å². The van der Waals surface area contributed by atoms with Gasteiger partial charge in [-0.2, -0.15) is 0 Å². The minimum Gasteiger partial charge on any atom is -0.497 e. The van der Waals surface area contributed by atoms with Crippen LogP contribution in [0.5, 0.6) is 5.75 Å². The first-order chi connectivity index (χ1) is 13.5. The lowest BCUT2D eigenvalue weighted by Gasteiger charge is -2.11. The average Bonchev–Trinajstić information content (AvgIpc) is 3.01. The van der Waals surface area contributed by atoms with Gasteiger partial charge in [-0.1, -0.05) is 40.2 Å². The number of halogens is 1. The van der Waals surface area contributed by atoms with Crippen molar-refractivity contribution in [1.82, 2.24) is 19.6 Å². The number of anilines is 1. The van der Waals surface area contributed by atoms with E-state index in [4.69, 9.17) is 14.8 Å². The molecule has 7 heteroatoms. The molecule has 0 aliphatic rings. The maximum absolute atomic E-state index is 5.23. The average molecular weight is 438 g/mol. The van der Waals surface area contributed by atoms with Crippen molar-refractivity contribution in [3.63, 3.8) is 0 Å². The molecule has 0 fully saturated rings. The molecule has 0 radical (unpaired) electrons. The summed E-state index contributed by atoms with van der Waals surface area (Å²) in [4.78, 5) is 9.37. The quantitative estimate of drug-likeness (QED) is 0.486. The monoisotopic (exact) mass is 437 g/mol. The number of nitrogens with one attached hydrogen (secondary N) is 1. The van der Waals surface area contributed by atoms with Gasteiger partial charge in [0.1, 0.15) is 17.1 Å². The van der Waals surface area contributed by atoms with Crippen LogP contribution in [0.1, 0.15) is 17.1 Å². The second-order valence-electron chi connectivity index (χ2n) is 6.50. The van der Waals surface area contributed by atoms with Gasteiger partial charge < -0.3 is 10.1 Å². The molecule has 0 spiro atoms. The van der Waals surface area contributed by atoms with E-state index < -0.39 is 0 Å². The fourth-order valence-electron chi connectivity index (χ4n) is 3.10. The van der Waals surface area contributed by atoms with E-state index in [1.807, 2.05) is 66.9 Å². The Labute approximate surface area is 171 Å². The minimum absolute atomic E-state index is 0.639. The molecular weight excluding hydrogens is 418 g/mol. The van der Waals surface area contributed by atoms with E-state index in [9.17, 15) is 0 Å². The molecule has 2 heterocycles. The van der Waals surface area contributed by atoms with Crippen LogP contribution in [0.25, 0.3) is 16.9 Å². The van der Waals surface area contributed by atoms with Gasteiger partial charge in [0.2, 0.25) is 0 Å². The molecule has 2 aromatic heterocycles. The van der Waals surface area contributed by atoms with Crippen LogP contribution < -0.4 is 10.1 Å². The Morgan fingerprint density at radius 1 is 1.00 bits per heavy atom. The number of hydrogen-bond donors (Lipinski definition) is 1. The number of benzene rings is 2. The summed E-state index contributed by atoms with van der Waals surface area (Å²) in [5.41, 5.74) is 3.88. The summed E-state index contributed by atoms with van der Waals surface area (Å²) >= 11 is 3.47. The van der Waals surface area contributed by atoms with Crippen molar-refractivity contribution in [2.75, 3.05) is 12.4 Å². The van der Waals surface area contributed by atoms with Gasteiger partial charge in [0, 0.05) is 16.6 Å². The van der Waals surface area contributed by atoms with Crippen molar-refractivity contribution >= 4 is 27.3 Å². The molecule has 0 saturated heterocycles. The Bertz CT molecular complexity index is 1120. The largest absolute Gasteiger partial charge is 0.497 e. The minimum atomic E-state index is 0.639. The molecule has 142 valence electrons. The summed E-state index contributed by atoms with van der Waals surface area (Å²) in [6, 6.07) is 15.9. The highest BCUT2D eigenvalue weighted by Gasteiger charge is 2.15. The Morgan fingerprint density at radius 3 is 2.39 bits per heavy atom. The maximum atomic E-state index is 5.23. The second kappa shape index (κ2) is 7.59. The molecule has 4 rings (SSSR count). The molecule has 0 unspecified atom stereocenters. The van der Waals surface area contributed by atoms with Crippen molar-refractivity contribution in [2.45, 2.75) is 20.4 Å². The smallest absolute Gasteiger partial charge is 0.182 e. The molecule has 0 aliphatic heterocycles. The summed E-state index contributed by atoms with van der Waals surface area (Å²) in [7, 11) is 1.67. The summed E-state index contributed by atoms with van der Waals surface area (Å²) in [6.07, 6.45) is 0. The summed E-state index contributed by atoms with van der Waals surface area (Å²) < 4.78 is 8.10. The normalized spacial score (nSPS) is 11.0. The standard InChI is InChI=1S/C21H20BrN5O/c1-13-19-21(23-12-15-4-10-18(28-3)11-5-15)25-20(26-27(19)14(2)24-13)16-6-8-17(22)9-7-16/h4-11H,12H2,1-3H3,(H,23,25,26). The number of nitrogens with zero attached hydrogens (tertiary/aromatic N) is 4. The number of methoxy groups -OCH3 is 1. The van der Waals surface area contributed by atoms with Gasteiger partial charge in [0.15, 0.2) is 11.6 Å². The molecule has 1 N–H and O–H groups in total. The van der Waals surface area contributed by atoms with Crippen molar-refractivity contribution < 1.29 is 4.74 Å². The predicted octanol–water partition coefficient (Wildman–Crippen LogP) is 4.79. The third-order valence-corrected chi connectivity index (χ3v) is 5.08. The van der Waals surface area contributed by atoms with E-state index in [0.717, 1.165) is 44.2 Å². The zero-order chi connectivity index (χ0) is 19.7. The summed E-state index contributed by atoms with van der Waals surface area (Å²) in [5.74, 6) is 3.09. The van der Waals surface area contributed by atoms with Crippen LogP contribution in [-0.2, 0) is 6.54 Å². The SMILES string of the molecule is COc1ccc(CNc2nc(-c3ccc(Br)cc3)nn3c(C)nc(C)c23)cc1.